The Kier molecular flexibility index (Phi) is 14.2. The Morgan fingerprint density at radius 1 is 0.896 bits per heavy atom. The number of esters is 3. The van der Waals surface area contributed by atoms with Gasteiger partial charge in [-0.2, -0.15) is 0 Å². The third-order valence-corrected chi connectivity index (χ3v) is 14.5. The predicted octanol–water partition coefficient (Wildman–Crippen LogP) is 4.04. The largest absolute Gasteiger partial charge is 0.471 e. The summed E-state index contributed by atoms with van der Waals surface area (Å²) in [5.41, 5.74) is -7.77. The Morgan fingerprint density at radius 3 is 2.06 bits per heavy atom. The maximum absolute atomic E-state index is 15.3. The van der Waals surface area contributed by atoms with Crippen LogP contribution in [0.2, 0.25) is 0 Å². The Hall–Kier alpha value is -5.14. The minimum Gasteiger partial charge on any atom is -0.455 e. The standard InChI is InChI=1S/C48H56NO17P/c1-6-16-34(50)65-38(36(28-17-10-7-11-18-28)49-42(53)29-19-12-8-13-20-29)44(55)64-31-24-48(57)41(66-43(54)30-21-14-9-15-22-30)39-46(5,40(52)37(51)35(27(31)2)45(48,3)4)32(62-26-63-67(58,59)60)23-33-47(39,56)25-61-33/h7-15,17-22,31-33,36-39,41,51,56-57H,6,16,23-26H2,1-5H3,(H,49,53)(H2,58,59,60)/t31?,32?,33?,36?,37?,38?,39?,41?,46-,47+,48?/m1/s1. The number of aliphatic hydroxyl groups is 3. The number of phosphoric ester groups is 1. The van der Waals surface area contributed by atoms with Crippen molar-refractivity contribution in [3.8, 4) is 0 Å². The van der Waals surface area contributed by atoms with E-state index in [2.05, 4.69) is 9.84 Å². The molecule has 6 N–H and O–H groups in total. The van der Waals surface area contributed by atoms with Crippen LogP contribution in [-0.2, 0) is 47.2 Å². The molecule has 11 atom stereocenters. The average Bonchev–Trinajstić information content (AvgIpc) is 3.29. The summed E-state index contributed by atoms with van der Waals surface area (Å²) in [7, 11) is -5.11. The van der Waals surface area contributed by atoms with Gasteiger partial charge < -0.3 is 54.1 Å². The molecule has 0 radical (unpaired) electrons. The first-order valence-corrected chi connectivity index (χ1v) is 23.5. The third kappa shape index (κ3) is 9.26. The number of amides is 1. The van der Waals surface area contributed by atoms with Gasteiger partial charge in [0.2, 0.25) is 6.10 Å². The topological polar surface area (TPSA) is 271 Å². The van der Waals surface area contributed by atoms with Gasteiger partial charge in [0.15, 0.2) is 12.6 Å². The second-order valence-corrected chi connectivity index (χ2v) is 19.5. The smallest absolute Gasteiger partial charge is 0.455 e. The summed E-state index contributed by atoms with van der Waals surface area (Å²) in [5, 5.41) is 41.6. The molecule has 360 valence electrons. The Bertz CT molecular complexity index is 2430. The van der Waals surface area contributed by atoms with Crippen LogP contribution < -0.4 is 5.32 Å². The number of hydrogen-bond donors (Lipinski definition) is 6. The van der Waals surface area contributed by atoms with Gasteiger partial charge in [-0.05, 0) is 61.2 Å². The fourth-order valence-corrected chi connectivity index (χ4v) is 10.6. The fourth-order valence-electron chi connectivity index (χ4n) is 10.5. The SMILES string of the molecule is CCCC(=O)OC(C(=O)OC1CC2(O)C(OC(=O)c3ccccc3)C3[C@]4(O)COC4CC(OCOP(=O)(O)O)[C@@]3(C)C(=O)C(O)C(=C1C)C2(C)C)C(NC(=O)c1ccccc1)c1ccccc1. The molecule has 2 bridgehead atoms. The van der Waals surface area contributed by atoms with E-state index in [4.69, 9.17) is 23.7 Å². The van der Waals surface area contributed by atoms with Crippen LogP contribution in [0, 0.1) is 16.7 Å². The molecular formula is C48H56NO17P. The zero-order chi connectivity index (χ0) is 48.7. The van der Waals surface area contributed by atoms with Crippen LogP contribution in [0.3, 0.4) is 0 Å². The van der Waals surface area contributed by atoms with E-state index in [1.54, 1.807) is 85.8 Å². The highest BCUT2D eigenvalue weighted by Crippen LogP contribution is 2.64. The van der Waals surface area contributed by atoms with Crippen molar-refractivity contribution in [2.45, 2.75) is 114 Å². The monoisotopic (exact) mass is 949 g/mol. The number of rotatable bonds is 15. The molecule has 1 saturated heterocycles. The molecule has 3 aliphatic carbocycles. The van der Waals surface area contributed by atoms with Gasteiger partial charge in [-0.25, -0.2) is 14.2 Å². The third-order valence-electron chi connectivity index (χ3n) is 14.1. The maximum atomic E-state index is 15.3. The Morgan fingerprint density at radius 2 is 1.49 bits per heavy atom. The normalized spacial score (nSPS) is 30.7. The summed E-state index contributed by atoms with van der Waals surface area (Å²) in [5.74, 6) is -6.24. The van der Waals surface area contributed by atoms with E-state index < -0.39 is 128 Å². The lowest BCUT2D eigenvalue weighted by molar-refractivity contribution is -0.349. The lowest BCUT2D eigenvalue weighted by Crippen LogP contribution is -2.81. The first-order valence-electron chi connectivity index (χ1n) is 22.0. The van der Waals surface area contributed by atoms with Crippen LogP contribution in [0.1, 0.15) is 92.6 Å². The molecule has 7 rings (SSSR count). The number of ketones is 1. The summed E-state index contributed by atoms with van der Waals surface area (Å²) in [6.07, 6.45) is -10.6. The van der Waals surface area contributed by atoms with Gasteiger partial charge in [0.1, 0.15) is 35.6 Å². The molecule has 3 fully saturated rings. The minimum absolute atomic E-state index is 0.0260. The zero-order valence-corrected chi connectivity index (χ0v) is 38.5. The number of phosphoric acid groups is 1. The van der Waals surface area contributed by atoms with Crippen molar-refractivity contribution in [1.29, 1.82) is 0 Å². The predicted molar refractivity (Wildman–Crippen MR) is 234 cm³/mol. The highest BCUT2D eigenvalue weighted by atomic mass is 31.2. The molecule has 1 amide bonds. The molecule has 3 aromatic carbocycles. The van der Waals surface area contributed by atoms with Crippen LogP contribution in [0.5, 0.6) is 0 Å². The molecule has 1 heterocycles. The van der Waals surface area contributed by atoms with Crippen molar-refractivity contribution in [2.75, 3.05) is 13.4 Å². The van der Waals surface area contributed by atoms with Gasteiger partial charge in [0.25, 0.3) is 5.91 Å². The van der Waals surface area contributed by atoms with E-state index in [9.17, 15) is 48.8 Å². The number of fused-ring (bicyclic) bond motifs is 5. The number of carbonyl (C=O) groups is 5. The molecule has 9 unspecified atom stereocenters. The van der Waals surface area contributed by atoms with E-state index in [0.717, 1.165) is 0 Å². The molecule has 0 aromatic heterocycles. The van der Waals surface area contributed by atoms with Gasteiger partial charge in [0, 0.05) is 36.2 Å². The van der Waals surface area contributed by atoms with Crippen molar-refractivity contribution < 1.29 is 81.9 Å². The van der Waals surface area contributed by atoms with Crippen LogP contribution in [0.4, 0.5) is 0 Å². The number of Topliss-reactive ketones (excluding diaryl/α,β-unsaturated/α-hetero) is 1. The van der Waals surface area contributed by atoms with Crippen LogP contribution in [0.15, 0.2) is 102 Å². The summed E-state index contributed by atoms with van der Waals surface area (Å²) < 4.78 is 46.4. The number of benzene rings is 3. The number of nitrogens with one attached hydrogen (secondary N) is 1. The average molecular weight is 950 g/mol. The van der Waals surface area contributed by atoms with E-state index in [-0.39, 0.29) is 35.1 Å². The molecule has 4 aliphatic rings. The summed E-state index contributed by atoms with van der Waals surface area (Å²) in [4.78, 5) is 90.5. The van der Waals surface area contributed by atoms with Crippen LogP contribution >= 0.6 is 7.82 Å². The zero-order valence-electron chi connectivity index (χ0n) is 37.6. The van der Waals surface area contributed by atoms with Crippen molar-refractivity contribution in [1.82, 2.24) is 5.32 Å². The molecule has 19 heteroatoms. The summed E-state index contributed by atoms with van der Waals surface area (Å²) in [6, 6.07) is 22.8. The molecule has 0 spiro atoms. The maximum Gasteiger partial charge on any atom is 0.471 e. The van der Waals surface area contributed by atoms with Gasteiger partial charge in [-0.3, -0.25) is 18.9 Å². The van der Waals surface area contributed by atoms with Crippen LogP contribution in [-0.4, -0.2) is 116 Å². The molecule has 1 aliphatic heterocycles. The van der Waals surface area contributed by atoms with E-state index in [1.165, 1.54) is 39.8 Å². The summed E-state index contributed by atoms with van der Waals surface area (Å²) >= 11 is 0. The molecular weight excluding hydrogens is 893 g/mol. The molecule has 2 saturated carbocycles. The quantitative estimate of drug-likeness (QED) is 0.0413. The van der Waals surface area contributed by atoms with Crippen LogP contribution in [0.25, 0.3) is 0 Å². The highest BCUT2D eigenvalue weighted by molar-refractivity contribution is 7.46. The second kappa shape index (κ2) is 19.1. The molecule has 3 aromatic rings. The first-order chi connectivity index (χ1) is 31.6. The number of hydrogen-bond acceptors (Lipinski definition) is 15. The Labute approximate surface area is 386 Å². The van der Waals surface area contributed by atoms with Gasteiger partial charge in [-0.15, -0.1) is 0 Å². The van der Waals surface area contributed by atoms with Gasteiger partial charge in [0.05, 0.1) is 29.8 Å². The minimum atomic E-state index is -5.11. The summed E-state index contributed by atoms with van der Waals surface area (Å²) in [6.45, 7) is 6.10. The van der Waals surface area contributed by atoms with Crippen molar-refractivity contribution in [3.05, 3.63) is 119 Å². The molecule has 18 nitrogen and oxygen atoms in total. The fraction of sp³-hybridized carbons (Fsp3) is 0.479. The number of carbonyl (C=O) groups excluding carboxylic acids is 5. The lowest BCUT2D eigenvalue weighted by atomic mass is 9.44. The van der Waals surface area contributed by atoms with E-state index >= 15 is 4.79 Å². The Balaban J connectivity index is 1.37. The van der Waals surface area contributed by atoms with Gasteiger partial charge >= 0.3 is 25.7 Å². The number of ether oxygens (including phenoxy) is 5. The molecule has 67 heavy (non-hydrogen) atoms. The van der Waals surface area contributed by atoms with Gasteiger partial charge in [-0.1, -0.05) is 87.5 Å². The van der Waals surface area contributed by atoms with Crippen molar-refractivity contribution in [2.24, 2.45) is 16.7 Å². The first kappa shape index (κ1) is 49.8. The lowest BCUT2D eigenvalue weighted by Gasteiger charge is -2.67. The van der Waals surface area contributed by atoms with Crippen molar-refractivity contribution in [3.63, 3.8) is 0 Å². The van der Waals surface area contributed by atoms with Crippen molar-refractivity contribution >= 4 is 37.4 Å². The second-order valence-electron chi connectivity index (χ2n) is 18.3. The van der Waals surface area contributed by atoms with E-state index in [0.29, 0.717) is 12.0 Å². The number of aliphatic hydroxyl groups excluding tert-OH is 1. The van der Waals surface area contributed by atoms with E-state index in [1.807, 2.05) is 0 Å². The highest BCUT2D eigenvalue weighted by Gasteiger charge is 2.76.